The second-order valence-corrected chi connectivity index (χ2v) is 3.52. The first-order valence-electron chi connectivity index (χ1n) is 3.91. The lowest BCUT2D eigenvalue weighted by Crippen LogP contribution is -2.22. The van der Waals surface area contributed by atoms with Gasteiger partial charge in [-0.05, 0) is 0 Å². The number of amides is 1. The first-order valence-corrected chi connectivity index (χ1v) is 4.85. The normalized spacial score (nSPS) is 11.0. The summed E-state index contributed by atoms with van der Waals surface area (Å²) in [5, 5.41) is 5.61. The average Bonchev–Trinajstić information content (AvgIpc) is 2.56. The van der Waals surface area contributed by atoms with E-state index < -0.39 is 0 Å². The molecule has 0 aromatic carbocycles. The molecule has 0 atom stereocenters. The zero-order valence-corrected chi connectivity index (χ0v) is 8.34. The number of carbonyl (C=O) groups excluding carboxylic acids is 1. The standard InChI is InChI=1S/C8H11N3OS/c1-6(2)8(12)11-10-3-7-4-13-5-9-7/h3-6H,1-2H3,(H,11,12)/b10-3+. The van der Waals surface area contributed by atoms with E-state index in [9.17, 15) is 4.79 Å². The van der Waals surface area contributed by atoms with Gasteiger partial charge in [0.25, 0.3) is 0 Å². The number of carbonyl (C=O) groups is 1. The van der Waals surface area contributed by atoms with Crippen LogP contribution < -0.4 is 5.43 Å². The monoisotopic (exact) mass is 197 g/mol. The topological polar surface area (TPSA) is 54.4 Å². The van der Waals surface area contributed by atoms with Crippen LogP contribution in [0.25, 0.3) is 0 Å². The van der Waals surface area contributed by atoms with E-state index in [-0.39, 0.29) is 11.8 Å². The number of hydrogen-bond acceptors (Lipinski definition) is 4. The lowest BCUT2D eigenvalue weighted by molar-refractivity contribution is -0.123. The molecule has 5 heteroatoms. The molecule has 0 aliphatic rings. The molecule has 0 unspecified atom stereocenters. The Labute approximate surface area is 80.7 Å². The Morgan fingerprint density at radius 3 is 3.08 bits per heavy atom. The minimum Gasteiger partial charge on any atom is -0.273 e. The number of hydrazone groups is 1. The first-order chi connectivity index (χ1) is 6.20. The van der Waals surface area contributed by atoms with Crippen molar-refractivity contribution >= 4 is 23.5 Å². The fourth-order valence-electron chi connectivity index (χ4n) is 0.577. The highest BCUT2D eigenvalue weighted by molar-refractivity contribution is 7.07. The summed E-state index contributed by atoms with van der Waals surface area (Å²) in [6.45, 7) is 3.63. The number of hydrogen-bond donors (Lipinski definition) is 1. The fourth-order valence-corrected chi connectivity index (χ4v) is 1.08. The molecule has 13 heavy (non-hydrogen) atoms. The highest BCUT2D eigenvalue weighted by Crippen LogP contribution is 1.96. The van der Waals surface area contributed by atoms with Gasteiger partial charge in [0.15, 0.2) is 0 Å². The third kappa shape index (κ3) is 3.33. The van der Waals surface area contributed by atoms with Gasteiger partial charge in [0.05, 0.1) is 17.4 Å². The van der Waals surface area contributed by atoms with Crippen molar-refractivity contribution in [3.8, 4) is 0 Å². The van der Waals surface area contributed by atoms with Crippen molar-refractivity contribution in [2.75, 3.05) is 0 Å². The molecule has 1 heterocycles. The second-order valence-electron chi connectivity index (χ2n) is 2.80. The third-order valence-corrected chi connectivity index (χ3v) is 1.95. The summed E-state index contributed by atoms with van der Waals surface area (Å²) in [7, 11) is 0. The summed E-state index contributed by atoms with van der Waals surface area (Å²) >= 11 is 1.49. The maximum atomic E-state index is 11.0. The molecule has 0 radical (unpaired) electrons. The van der Waals surface area contributed by atoms with Crippen LogP contribution >= 0.6 is 11.3 Å². The van der Waals surface area contributed by atoms with Crippen LogP contribution in [0.3, 0.4) is 0 Å². The van der Waals surface area contributed by atoms with Gasteiger partial charge in [0.2, 0.25) is 5.91 Å². The maximum absolute atomic E-state index is 11.0. The van der Waals surface area contributed by atoms with E-state index in [1.807, 2.05) is 19.2 Å². The van der Waals surface area contributed by atoms with Crippen molar-refractivity contribution in [2.45, 2.75) is 13.8 Å². The summed E-state index contributed by atoms with van der Waals surface area (Å²) in [6, 6.07) is 0. The maximum Gasteiger partial charge on any atom is 0.242 e. The number of nitrogens with one attached hydrogen (secondary N) is 1. The Hall–Kier alpha value is -1.23. The molecule has 4 nitrogen and oxygen atoms in total. The summed E-state index contributed by atoms with van der Waals surface area (Å²) < 4.78 is 0. The van der Waals surface area contributed by atoms with Gasteiger partial charge in [-0.1, -0.05) is 13.8 Å². The molecule has 1 N–H and O–H groups in total. The molecule has 0 aliphatic carbocycles. The SMILES string of the molecule is CC(C)C(=O)N/N=C/c1cscn1. The Kier molecular flexibility index (Phi) is 3.57. The summed E-state index contributed by atoms with van der Waals surface area (Å²) in [6.07, 6.45) is 1.52. The predicted octanol–water partition coefficient (Wildman–Crippen LogP) is 1.25. The molecule has 1 aromatic rings. The Balaban J connectivity index is 2.39. The van der Waals surface area contributed by atoms with Crippen LogP contribution in [0.4, 0.5) is 0 Å². The van der Waals surface area contributed by atoms with Gasteiger partial charge in [0.1, 0.15) is 0 Å². The minimum absolute atomic E-state index is 0.0485. The molecule has 0 saturated carbocycles. The minimum atomic E-state index is -0.0912. The van der Waals surface area contributed by atoms with E-state index >= 15 is 0 Å². The highest BCUT2D eigenvalue weighted by atomic mass is 32.1. The van der Waals surface area contributed by atoms with E-state index in [1.54, 1.807) is 5.51 Å². The van der Waals surface area contributed by atoms with Gasteiger partial charge in [-0.3, -0.25) is 4.79 Å². The van der Waals surface area contributed by atoms with Crippen LogP contribution in [0.5, 0.6) is 0 Å². The first kappa shape index (κ1) is 9.85. The van der Waals surface area contributed by atoms with Crippen LogP contribution in [0, 0.1) is 5.92 Å². The number of nitrogens with zero attached hydrogens (tertiary/aromatic N) is 2. The highest BCUT2D eigenvalue weighted by Gasteiger charge is 2.03. The summed E-state index contributed by atoms with van der Waals surface area (Å²) in [5.41, 5.74) is 4.89. The van der Waals surface area contributed by atoms with Crippen molar-refractivity contribution in [1.29, 1.82) is 0 Å². The van der Waals surface area contributed by atoms with Gasteiger partial charge >= 0.3 is 0 Å². The van der Waals surface area contributed by atoms with E-state index in [4.69, 9.17) is 0 Å². The van der Waals surface area contributed by atoms with Crippen LogP contribution in [0.2, 0.25) is 0 Å². The quantitative estimate of drug-likeness (QED) is 0.585. The van der Waals surface area contributed by atoms with Crippen LogP contribution in [0.15, 0.2) is 16.0 Å². The molecular weight excluding hydrogens is 186 g/mol. The molecular formula is C8H11N3OS. The van der Waals surface area contributed by atoms with Gasteiger partial charge in [0, 0.05) is 11.3 Å². The molecule has 0 saturated heterocycles. The fraction of sp³-hybridized carbons (Fsp3) is 0.375. The van der Waals surface area contributed by atoms with Gasteiger partial charge < -0.3 is 0 Å². The molecule has 1 aromatic heterocycles. The largest absolute Gasteiger partial charge is 0.273 e. The Morgan fingerprint density at radius 2 is 2.54 bits per heavy atom. The second kappa shape index (κ2) is 4.71. The molecule has 1 amide bonds. The third-order valence-electron chi connectivity index (χ3n) is 1.35. The number of aromatic nitrogens is 1. The van der Waals surface area contributed by atoms with Crippen LogP contribution in [0.1, 0.15) is 19.5 Å². The lowest BCUT2D eigenvalue weighted by Gasteiger charge is -2.00. The number of thiazole rings is 1. The predicted molar refractivity (Wildman–Crippen MR) is 52.7 cm³/mol. The zero-order valence-electron chi connectivity index (χ0n) is 7.52. The van der Waals surface area contributed by atoms with E-state index in [0.29, 0.717) is 0 Å². The van der Waals surface area contributed by atoms with Crippen molar-refractivity contribution in [2.24, 2.45) is 11.0 Å². The van der Waals surface area contributed by atoms with Gasteiger partial charge in [-0.25, -0.2) is 10.4 Å². The Morgan fingerprint density at radius 1 is 1.77 bits per heavy atom. The summed E-state index contributed by atoms with van der Waals surface area (Å²) in [5.74, 6) is -0.140. The van der Waals surface area contributed by atoms with Gasteiger partial charge in [-0.15, -0.1) is 11.3 Å². The smallest absolute Gasteiger partial charge is 0.242 e. The van der Waals surface area contributed by atoms with Crippen molar-refractivity contribution in [3.05, 3.63) is 16.6 Å². The molecule has 0 spiro atoms. The molecule has 0 aliphatic heterocycles. The lowest BCUT2D eigenvalue weighted by atomic mass is 10.2. The van der Waals surface area contributed by atoms with Crippen molar-refractivity contribution in [3.63, 3.8) is 0 Å². The van der Waals surface area contributed by atoms with E-state index in [1.165, 1.54) is 17.6 Å². The summed E-state index contributed by atoms with van der Waals surface area (Å²) in [4.78, 5) is 15.0. The molecule has 0 fully saturated rings. The molecule has 70 valence electrons. The van der Waals surface area contributed by atoms with E-state index in [0.717, 1.165) is 5.69 Å². The number of rotatable bonds is 3. The van der Waals surface area contributed by atoms with Gasteiger partial charge in [-0.2, -0.15) is 5.10 Å². The molecule has 1 rings (SSSR count). The van der Waals surface area contributed by atoms with Crippen LogP contribution in [-0.4, -0.2) is 17.1 Å². The van der Waals surface area contributed by atoms with Crippen molar-refractivity contribution in [1.82, 2.24) is 10.4 Å². The zero-order chi connectivity index (χ0) is 9.68. The molecule has 0 bridgehead atoms. The Bertz CT molecular complexity index is 292. The average molecular weight is 197 g/mol. The van der Waals surface area contributed by atoms with Crippen LogP contribution in [-0.2, 0) is 4.79 Å². The van der Waals surface area contributed by atoms with Crippen molar-refractivity contribution < 1.29 is 4.79 Å². The van der Waals surface area contributed by atoms with E-state index in [2.05, 4.69) is 15.5 Å².